The lowest BCUT2D eigenvalue weighted by molar-refractivity contribution is 0.0982. The van der Waals surface area contributed by atoms with Crippen molar-refractivity contribution < 1.29 is 14.3 Å². The van der Waals surface area contributed by atoms with Gasteiger partial charge >= 0.3 is 0 Å². The molecule has 1 aromatic heterocycles. The molecule has 1 aromatic carbocycles. The molecular weight excluding hydrogens is 286 g/mol. The molecule has 0 saturated heterocycles. The molecule has 0 fully saturated rings. The van der Waals surface area contributed by atoms with Crippen molar-refractivity contribution in [2.24, 2.45) is 0 Å². The number of Topliss-reactive ketones (excluding diaryl/α,β-unsaturated/α-hetero) is 1. The van der Waals surface area contributed by atoms with E-state index in [1.807, 2.05) is 19.9 Å². The lowest BCUT2D eigenvalue weighted by atomic mass is 9.94. The van der Waals surface area contributed by atoms with Crippen molar-refractivity contribution >= 4 is 17.1 Å². The van der Waals surface area contributed by atoms with E-state index in [4.69, 9.17) is 9.47 Å². The van der Waals surface area contributed by atoms with Gasteiger partial charge in [-0.1, -0.05) is 6.07 Å². The van der Waals surface area contributed by atoms with Crippen LogP contribution in [-0.4, -0.2) is 12.6 Å². The van der Waals surface area contributed by atoms with Gasteiger partial charge in [0.05, 0.1) is 10.9 Å². The number of ether oxygens (including phenoxy) is 2. The minimum atomic E-state index is -0.822. The lowest BCUT2D eigenvalue weighted by Crippen LogP contribution is -2.09. The molecule has 1 atom stereocenters. The van der Waals surface area contributed by atoms with Gasteiger partial charge in [-0.15, -0.1) is 11.3 Å². The van der Waals surface area contributed by atoms with Crippen LogP contribution in [0.15, 0.2) is 24.3 Å². The second kappa shape index (κ2) is 5.23. The number of hydrogen-bond donors (Lipinski definition) is 0. The van der Waals surface area contributed by atoms with Gasteiger partial charge in [0, 0.05) is 4.88 Å². The Bertz CT molecular complexity index is 738. The van der Waals surface area contributed by atoms with Crippen LogP contribution in [0.5, 0.6) is 11.5 Å². The highest BCUT2D eigenvalue weighted by Crippen LogP contribution is 2.36. The van der Waals surface area contributed by atoms with Gasteiger partial charge in [0.2, 0.25) is 6.79 Å². The Balaban J connectivity index is 1.95. The van der Waals surface area contributed by atoms with E-state index in [1.165, 1.54) is 11.3 Å². The molecule has 21 heavy (non-hydrogen) atoms. The number of fused-ring (bicyclic) bond motifs is 1. The molecule has 1 aliphatic rings. The van der Waals surface area contributed by atoms with Crippen LogP contribution in [0.2, 0.25) is 0 Å². The summed E-state index contributed by atoms with van der Waals surface area (Å²) in [5, 5.41) is 9.40. The predicted molar refractivity (Wildman–Crippen MR) is 79.0 cm³/mol. The van der Waals surface area contributed by atoms with E-state index in [0.29, 0.717) is 21.9 Å². The van der Waals surface area contributed by atoms with Crippen LogP contribution in [0, 0.1) is 25.2 Å². The van der Waals surface area contributed by atoms with Crippen molar-refractivity contribution in [3.05, 3.63) is 45.1 Å². The number of thiophene rings is 1. The molecule has 0 spiro atoms. The van der Waals surface area contributed by atoms with E-state index in [9.17, 15) is 10.1 Å². The second-order valence-electron chi connectivity index (χ2n) is 4.89. The van der Waals surface area contributed by atoms with Gasteiger partial charge in [0.1, 0.15) is 5.92 Å². The molecular formula is C16H13NO3S. The van der Waals surface area contributed by atoms with E-state index in [0.717, 1.165) is 10.4 Å². The summed E-state index contributed by atoms with van der Waals surface area (Å²) in [5.41, 5.74) is 1.71. The first-order valence-electron chi connectivity index (χ1n) is 6.50. The second-order valence-corrected chi connectivity index (χ2v) is 6.15. The van der Waals surface area contributed by atoms with Gasteiger partial charge in [0.25, 0.3) is 0 Å². The van der Waals surface area contributed by atoms with Crippen LogP contribution < -0.4 is 9.47 Å². The van der Waals surface area contributed by atoms with E-state index >= 15 is 0 Å². The van der Waals surface area contributed by atoms with Gasteiger partial charge < -0.3 is 9.47 Å². The summed E-state index contributed by atoms with van der Waals surface area (Å²) in [6.45, 7) is 4.11. The summed E-state index contributed by atoms with van der Waals surface area (Å²) in [7, 11) is 0. The Kier molecular flexibility index (Phi) is 3.40. The monoisotopic (exact) mass is 299 g/mol. The first-order chi connectivity index (χ1) is 10.1. The predicted octanol–water partition coefficient (Wildman–Crippen LogP) is 3.58. The average molecular weight is 299 g/mol. The molecule has 0 amide bonds. The molecule has 2 heterocycles. The Morgan fingerprint density at radius 3 is 2.71 bits per heavy atom. The Morgan fingerprint density at radius 2 is 2.05 bits per heavy atom. The van der Waals surface area contributed by atoms with Gasteiger partial charge in [-0.3, -0.25) is 4.79 Å². The fourth-order valence-electron chi connectivity index (χ4n) is 2.21. The van der Waals surface area contributed by atoms with Gasteiger partial charge in [-0.2, -0.15) is 5.26 Å². The molecule has 106 valence electrons. The average Bonchev–Trinajstić information content (AvgIpc) is 3.06. The first-order valence-corrected chi connectivity index (χ1v) is 7.32. The maximum atomic E-state index is 12.6. The van der Waals surface area contributed by atoms with Crippen molar-refractivity contribution in [1.29, 1.82) is 5.26 Å². The number of nitriles is 1. The maximum absolute atomic E-state index is 12.6. The molecule has 0 radical (unpaired) electrons. The molecule has 0 aliphatic carbocycles. The number of carbonyl (C=O) groups excluding carboxylic acids is 1. The fraction of sp³-hybridized carbons (Fsp3) is 0.250. The van der Waals surface area contributed by atoms with Crippen molar-refractivity contribution in [3.63, 3.8) is 0 Å². The molecule has 4 nitrogen and oxygen atoms in total. The Labute approximate surface area is 126 Å². The van der Waals surface area contributed by atoms with Crippen molar-refractivity contribution in [2.75, 3.05) is 6.79 Å². The zero-order valence-corrected chi connectivity index (χ0v) is 12.5. The topological polar surface area (TPSA) is 59.3 Å². The number of carbonyl (C=O) groups is 1. The molecule has 3 rings (SSSR count). The molecule has 5 heteroatoms. The van der Waals surface area contributed by atoms with Crippen LogP contribution in [0.1, 0.15) is 31.6 Å². The lowest BCUT2D eigenvalue weighted by Gasteiger charge is -2.08. The van der Waals surface area contributed by atoms with Crippen molar-refractivity contribution in [2.45, 2.75) is 19.8 Å². The third-order valence-corrected chi connectivity index (χ3v) is 4.70. The molecule has 0 N–H and O–H groups in total. The standard InChI is InChI=1S/C16H13NO3S/c1-9-5-15(21-10(9)2)16(18)12(7-17)11-3-4-13-14(6-11)20-8-19-13/h3-6,12H,8H2,1-2H3. The SMILES string of the molecule is Cc1cc(C(=O)C(C#N)c2ccc3c(c2)OCO3)sc1C. The summed E-state index contributed by atoms with van der Waals surface area (Å²) in [6, 6.07) is 9.13. The zero-order valence-electron chi connectivity index (χ0n) is 11.7. The van der Waals surface area contributed by atoms with E-state index < -0.39 is 5.92 Å². The minimum Gasteiger partial charge on any atom is -0.454 e. The third-order valence-electron chi connectivity index (χ3n) is 3.53. The Morgan fingerprint density at radius 1 is 1.29 bits per heavy atom. The van der Waals surface area contributed by atoms with Crippen molar-refractivity contribution in [1.82, 2.24) is 0 Å². The largest absolute Gasteiger partial charge is 0.454 e. The van der Waals surface area contributed by atoms with Crippen LogP contribution in [0.4, 0.5) is 0 Å². The van der Waals surface area contributed by atoms with E-state index in [-0.39, 0.29) is 12.6 Å². The van der Waals surface area contributed by atoms with E-state index in [1.54, 1.807) is 18.2 Å². The molecule has 1 aliphatic heterocycles. The molecule has 2 aromatic rings. The van der Waals surface area contributed by atoms with Crippen LogP contribution in [-0.2, 0) is 0 Å². The zero-order chi connectivity index (χ0) is 15.0. The first kappa shape index (κ1) is 13.7. The quantitative estimate of drug-likeness (QED) is 0.813. The van der Waals surface area contributed by atoms with Gasteiger partial charge in [-0.05, 0) is 43.2 Å². The number of benzene rings is 1. The molecule has 1 unspecified atom stereocenters. The summed E-state index contributed by atoms with van der Waals surface area (Å²) in [5.74, 6) is 0.235. The highest BCUT2D eigenvalue weighted by molar-refractivity contribution is 7.14. The summed E-state index contributed by atoms with van der Waals surface area (Å²) in [4.78, 5) is 14.3. The highest BCUT2D eigenvalue weighted by atomic mass is 32.1. The normalized spacial score (nSPS) is 13.8. The molecule has 0 bridgehead atoms. The van der Waals surface area contributed by atoms with Gasteiger partial charge in [-0.25, -0.2) is 0 Å². The van der Waals surface area contributed by atoms with Gasteiger partial charge in [0.15, 0.2) is 17.3 Å². The smallest absolute Gasteiger partial charge is 0.231 e. The third kappa shape index (κ3) is 2.39. The summed E-state index contributed by atoms with van der Waals surface area (Å²) < 4.78 is 10.5. The van der Waals surface area contributed by atoms with Crippen LogP contribution >= 0.6 is 11.3 Å². The number of rotatable bonds is 3. The minimum absolute atomic E-state index is 0.169. The Hall–Kier alpha value is -2.32. The number of hydrogen-bond acceptors (Lipinski definition) is 5. The molecule has 0 saturated carbocycles. The van der Waals surface area contributed by atoms with E-state index in [2.05, 4.69) is 6.07 Å². The highest BCUT2D eigenvalue weighted by Gasteiger charge is 2.25. The van der Waals surface area contributed by atoms with Crippen molar-refractivity contribution in [3.8, 4) is 17.6 Å². The number of ketones is 1. The summed E-state index contributed by atoms with van der Waals surface area (Å²) in [6.07, 6.45) is 0. The summed E-state index contributed by atoms with van der Waals surface area (Å²) >= 11 is 1.43. The van der Waals surface area contributed by atoms with Crippen LogP contribution in [0.3, 0.4) is 0 Å². The maximum Gasteiger partial charge on any atom is 0.231 e. The number of nitrogens with zero attached hydrogens (tertiary/aromatic N) is 1. The fourth-order valence-corrected chi connectivity index (χ4v) is 3.22. The number of aryl methyl sites for hydroxylation is 2. The van der Waals surface area contributed by atoms with Crippen LogP contribution in [0.25, 0.3) is 0 Å².